The third-order valence-corrected chi connectivity index (χ3v) is 7.97. The van der Waals surface area contributed by atoms with E-state index in [2.05, 4.69) is 50.4 Å². The Balaban J connectivity index is 1.59. The number of rotatable bonds is 10. The smallest absolute Gasteiger partial charge is 0.243 e. The van der Waals surface area contributed by atoms with Gasteiger partial charge in [0.15, 0.2) is 0 Å². The first kappa shape index (κ1) is 29.5. The van der Waals surface area contributed by atoms with E-state index >= 15 is 0 Å². The number of aryl methyl sites for hydroxylation is 1. The van der Waals surface area contributed by atoms with Crippen LogP contribution in [0.2, 0.25) is 0 Å². The normalized spacial score (nSPS) is 14.9. The molecule has 0 aliphatic heterocycles. The molecule has 0 aromatic heterocycles. The Morgan fingerprint density at radius 3 is 2.17 bits per heavy atom. The van der Waals surface area contributed by atoms with Crippen LogP contribution in [0, 0.1) is 5.82 Å². The molecule has 0 bridgehead atoms. The average molecular weight is 543 g/mol. The Morgan fingerprint density at radius 1 is 0.875 bits per heavy atom. The average Bonchev–Trinajstić information content (AvgIpc) is 2.95. The summed E-state index contributed by atoms with van der Waals surface area (Å²) in [6.07, 6.45) is 6.46. The van der Waals surface area contributed by atoms with Crippen molar-refractivity contribution in [2.75, 3.05) is 0 Å². The van der Waals surface area contributed by atoms with Crippen molar-refractivity contribution >= 4 is 11.8 Å². The van der Waals surface area contributed by atoms with Gasteiger partial charge < -0.3 is 10.2 Å². The van der Waals surface area contributed by atoms with Crippen LogP contribution in [0.15, 0.2) is 78.9 Å². The molecule has 3 aromatic rings. The maximum atomic E-state index is 14.8. The number of amides is 2. The Morgan fingerprint density at radius 2 is 1.52 bits per heavy atom. The van der Waals surface area contributed by atoms with E-state index < -0.39 is 6.04 Å². The van der Waals surface area contributed by atoms with Crippen LogP contribution in [0.1, 0.15) is 81.5 Å². The van der Waals surface area contributed by atoms with E-state index in [1.807, 2.05) is 30.3 Å². The maximum Gasteiger partial charge on any atom is 0.243 e. The molecule has 212 valence electrons. The van der Waals surface area contributed by atoms with Crippen molar-refractivity contribution in [3.63, 3.8) is 0 Å². The number of hydrogen-bond donors (Lipinski definition) is 1. The molecule has 1 unspecified atom stereocenters. The van der Waals surface area contributed by atoms with Crippen LogP contribution in [0.5, 0.6) is 0 Å². The highest BCUT2D eigenvalue weighted by Crippen LogP contribution is 2.24. The van der Waals surface area contributed by atoms with Gasteiger partial charge in [0.05, 0.1) is 0 Å². The lowest BCUT2D eigenvalue weighted by Crippen LogP contribution is -2.53. The van der Waals surface area contributed by atoms with Crippen molar-refractivity contribution in [1.82, 2.24) is 10.2 Å². The van der Waals surface area contributed by atoms with Gasteiger partial charge in [-0.05, 0) is 47.4 Å². The molecule has 2 amide bonds. The van der Waals surface area contributed by atoms with Gasteiger partial charge >= 0.3 is 0 Å². The predicted octanol–water partition coefficient (Wildman–Crippen LogP) is 7.14. The lowest BCUT2D eigenvalue weighted by atomic mass is 9.86. The van der Waals surface area contributed by atoms with Gasteiger partial charge in [0.25, 0.3) is 0 Å². The van der Waals surface area contributed by atoms with Crippen LogP contribution in [0.3, 0.4) is 0 Å². The van der Waals surface area contributed by atoms with Gasteiger partial charge in [0.1, 0.15) is 11.9 Å². The topological polar surface area (TPSA) is 49.4 Å². The van der Waals surface area contributed by atoms with Crippen LogP contribution in [-0.4, -0.2) is 28.8 Å². The number of nitrogens with zero attached hydrogens (tertiary/aromatic N) is 1. The Hall–Kier alpha value is -3.47. The zero-order valence-electron chi connectivity index (χ0n) is 24.2. The Bertz CT molecular complexity index is 1240. The molecular formula is C35H43FN2O2. The quantitative estimate of drug-likeness (QED) is 0.296. The molecule has 1 fully saturated rings. The van der Waals surface area contributed by atoms with Gasteiger partial charge in [0, 0.05) is 31.0 Å². The van der Waals surface area contributed by atoms with Crippen LogP contribution < -0.4 is 5.32 Å². The van der Waals surface area contributed by atoms with Gasteiger partial charge in [-0.25, -0.2) is 4.39 Å². The lowest BCUT2D eigenvalue weighted by Gasteiger charge is -2.33. The van der Waals surface area contributed by atoms with E-state index in [4.69, 9.17) is 0 Å². The number of carbonyl (C=O) groups excluding carboxylic acids is 2. The SMILES string of the molecule is CC(C)(C)c1ccc(CCC(=O)N(Cc2ccccc2F)C(Cc2ccccc2)C(=O)NC2CCCCC2)cc1. The summed E-state index contributed by atoms with van der Waals surface area (Å²) >= 11 is 0. The van der Waals surface area contributed by atoms with Crippen LogP contribution in [-0.2, 0) is 34.4 Å². The van der Waals surface area contributed by atoms with E-state index in [9.17, 15) is 14.0 Å². The zero-order valence-corrected chi connectivity index (χ0v) is 24.2. The molecule has 4 nitrogen and oxygen atoms in total. The first-order chi connectivity index (χ1) is 19.2. The first-order valence-electron chi connectivity index (χ1n) is 14.7. The highest BCUT2D eigenvalue weighted by molar-refractivity contribution is 5.88. The minimum atomic E-state index is -0.736. The van der Waals surface area contributed by atoms with E-state index in [0.29, 0.717) is 18.4 Å². The first-order valence-corrected chi connectivity index (χ1v) is 14.7. The molecule has 0 radical (unpaired) electrons. The maximum absolute atomic E-state index is 14.8. The summed E-state index contributed by atoms with van der Waals surface area (Å²) in [5.41, 5.74) is 3.75. The molecule has 5 heteroatoms. The fourth-order valence-electron chi connectivity index (χ4n) is 5.47. The molecule has 1 atom stereocenters. The molecule has 0 saturated heterocycles. The van der Waals surface area contributed by atoms with Crippen LogP contribution in [0.25, 0.3) is 0 Å². The van der Waals surface area contributed by atoms with Crippen LogP contribution in [0.4, 0.5) is 4.39 Å². The summed E-state index contributed by atoms with van der Waals surface area (Å²) in [6, 6.07) is 24.0. The number of hydrogen-bond acceptors (Lipinski definition) is 2. The monoisotopic (exact) mass is 542 g/mol. The summed E-state index contributed by atoms with van der Waals surface area (Å²) in [5.74, 6) is -0.679. The molecule has 0 heterocycles. The standard InChI is InChI=1S/C35H43FN2O2/c1-35(2,3)29-21-18-26(19-22-29)20-23-33(39)38(25-28-14-10-11-17-31(28)36)32(24-27-12-6-4-7-13-27)34(40)37-30-15-8-5-9-16-30/h4,6-7,10-14,17-19,21-22,30,32H,5,8-9,15-16,20,23-25H2,1-3H3,(H,37,40). The molecule has 1 N–H and O–H groups in total. The van der Waals surface area contributed by atoms with E-state index in [-0.39, 0.29) is 42.1 Å². The molecule has 0 spiro atoms. The second-order valence-corrected chi connectivity index (χ2v) is 12.1. The molecule has 4 rings (SSSR count). The van der Waals surface area contributed by atoms with Crippen molar-refractivity contribution < 1.29 is 14.0 Å². The van der Waals surface area contributed by atoms with Crippen LogP contribution >= 0.6 is 0 Å². The van der Waals surface area contributed by atoms with Crippen molar-refractivity contribution in [1.29, 1.82) is 0 Å². The largest absolute Gasteiger partial charge is 0.352 e. The van der Waals surface area contributed by atoms with Gasteiger partial charge in [-0.3, -0.25) is 9.59 Å². The Kier molecular flexibility index (Phi) is 10.1. The summed E-state index contributed by atoms with van der Waals surface area (Å²) in [5, 5.41) is 3.24. The highest BCUT2D eigenvalue weighted by Gasteiger charge is 2.32. The number of benzene rings is 3. The second kappa shape index (κ2) is 13.7. The summed E-state index contributed by atoms with van der Waals surface area (Å²) in [4.78, 5) is 29.4. The molecule has 1 aliphatic carbocycles. The van der Waals surface area contributed by atoms with Gasteiger partial charge in [-0.1, -0.05) is 113 Å². The fourth-order valence-corrected chi connectivity index (χ4v) is 5.47. The number of nitrogens with one attached hydrogen (secondary N) is 1. The van der Waals surface area contributed by atoms with Crippen molar-refractivity contribution in [3.8, 4) is 0 Å². The van der Waals surface area contributed by atoms with Gasteiger partial charge in [-0.15, -0.1) is 0 Å². The van der Waals surface area contributed by atoms with E-state index in [1.165, 1.54) is 18.1 Å². The van der Waals surface area contributed by atoms with E-state index in [1.54, 1.807) is 23.1 Å². The minimum Gasteiger partial charge on any atom is -0.352 e. The molecule has 3 aromatic carbocycles. The summed E-state index contributed by atoms with van der Waals surface area (Å²) in [7, 11) is 0. The highest BCUT2D eigenvalue weighted by atomic mass is 19.1. The fraction of sp³-hybridized carbons (Fsp3) is 0.429. The lowest BCUT2D eigenvalue weighted by molar-refractivity contribution is -0.141. The number of carbonyl (C=O) groups is 2. The molecule has 1 aliphatic rings. The number of halogens is 1. The van der Waals surface area contributed by atoms with E-state index in [0.717, 1.165) is 36.8 Å². The third-order valence-electron chi connectivity index (χ3n) is 7.97. The summed E-state index contributed by atoms with van der Waals surface area (Å²) < 4.78 is 14.8. The Labute approximate surface area is 239 Å². The molecule has 40 heavy (non-hydrogen) atoms. The van der Waals surface area contributed by atoms with Crippen molar-refractivity contribution in [2.24, 2.45) is 0 Å². The van der Waals surface area contributed by atoms with Gasteiger partial charge in [0.2, 0.25) is 11.8 Å². The molecule has 1 saturated carbocycles. The molecular weight excluding hydrogens is 499 g/mol. The zero-order chi connectivity index (χ0) is 28.5. The van der Waals surface area contributed by atoms with Gasteiger partial charge in [-0.2, -0.15) is 0 Å². The second-order valence-electron chi connectivity index (χ2n) is 12.1. The summed E-state index contributed by atoms with van der Waals surface area (Å²) in [6.45, 7) is 6.58. The minimum absolute atomic E-state index is 0.0457. The predicted molar refractivity (Wildman–Crippen MR) is 159 cm³/mol. The third kappa shape index (κ3) is 8.27. The van der Waals surface area contributed by atoms with Crippen molar-refractivity contribution in [2.45, 2.75) is 96.2 Å². The van der Waals surface area contributed by atoms with Crippen molar-refractivity contribution in [3.05, 3.63) is 107 Å².